The van der Waals surface area contributed by atoms with E-state index in [-0.39, 0.29) is 17.3 Å². The number of nitrogens with zero attached hydrogens (tertiary/aromatic N) is 2. The lowest BCUT2D eigenvalue weighted by Gasteiger charge is -2.10. The largest absolute Gasteiger partial charge is 0.478 e. The van der Waals surface area contributed by atoms with Gasteiger partial charge in [-0.3, -0.25) is 9.13 Å². The van der Waals surface area contributed by atoms with E-state index in [4.69, 9.17) is 5.11 Å². The molecule has 0 atom stereocenters. The number of rotatable bonds is 2. The number of carboxylic acid groups (broad SMARTS) is 1. The number of imidazole rings is 1. The maximum atomic E-state index is 12.3. The van der Waals surface area contributed by atoms with Gasteiger partial charge < -0.3 is 5.11 Å². The van der Waals surface area contributed by atoms with Gasteiger partial charge in [-0.1, -0.05) is 12.8 Å². The first-order chi connectivity index (χ1) is 9.09. The first-order valence-electron chi connectivity index (χ1n) is 6.54. The Labute approximate surface area is 110 Å². The number of fused-ring (bicyclic) bond motifs is 1. The van der Waals surface area contributed by atoms with Gasteiger partial charge in [0.25, 0.3) is 0 Å². The highest BCUT2D eigenvalue weighted by molar-refractivity contribution is 5.92. The van der Waals surface area contributed by atoms with Gasteiger partial charge in [0.05, 0.1) is 16.6 Å². The summed E-state index contributed by atoms with van der Waals surface area (Å²) in [6.07, 6.45) is 4.36. The molecule has 0 aliphatic heterocycles. The van der Waals surface area contributed by atoms with Crippen LogP contribution in [0.2, 0.25) is 0 Å². The fourth-order valence-electron chi connectivity index (χ4n) is 3.01. The van der Waals surface area contributed by atoms with E-state index in [1.54, 1.807) is 29.8 Å². The Balaban J connectivity index is 2.26. The molecule has 3 rings (SSSR count). The maximum absolute atomic E-state index is 12.3. The van der Waals surface area contributed by atoms with Gasteiger partial charge in [-0.15, -0.1) is 0 Å². The fraction of sp³-hybridized carbons (Fsp3) is 0.429. The molecular weight excluding hydrogens is 244 g/mol. The second-order valence-electron chi connectivity index (χ2n) is 5.16. The Hall–Kier alpha value is -2.04. The van der Waals surface area contributed by atoms with Crippen molar-refractivity contribution < 1.29 is 9.90 Å². The third-order valence-electron chi connectivity index (χ3n) is 4.03. The van der Waals surface area contributed by atoms with Crippen LogP contribution in [0.3, 0.4) is 0 Å². The summed E-state index contributed by atoms with van der Waals surface area (Å²) in [5, 5.41) is 9.03. The Morgan fingerprint density at radius 1 is 1.26 bits per heavy atom. The standard InChI is InChI=1S/C14H16N2O3/c1-15-12-8-9(13(17)18)6-7-11(12)16(14(15)19)10-4-2-3-5-10/h6-8,10H,2-5H2,1H3,(H,17,18). The Kier molecular flexibility index (Phi) is 2.69. The fourth-order valence-corrected chi connectivity index (χ4v) is 3.01. The molecule has 0 unspecified atom stereocenters. The van der Waals surface area contributed by atoms with Crippen LogP contribution in [0.25, 0.3) is 11.0 Å². The van der Waals surface area contributed by atoms with Crippen LogP contribution in [0.4, 0.5) is 0 Å². The van der Waals surface area contributed by atoms with Gasteiger partial charge in [-0.25, -0.2) is 9.59 Å². The van der Waals surface area contributed by atoms with E-state index < -0.39 is 5.97 Å². The van der Waals surface area contributed by atoms with Crippen molar-refractivity contribution in [3.8, 4) is 0 Å². The summed E-state index contributed by atoms with van der Waals surface area (Å²) in [6.45, 7) is 0. The lowest BCUT2D eigenvalue weighted by Crippen LogP contribution is -2.24. The minimum absolute atomic E-state index is 0.0514. The van der Waals surface area contributed by atoms with Crippen molar-refractivity contribution in [3.05, 3.63) is 34.2 Å². The molecule has 1 N–H and O–H groups in total. The zero-order valence-corrected chi connectivity index (χ0v) is 10.8. The molecule has 1 aromatic carbocycles. The van der Waals surface area contributed by atoms with E-state index in [1.807, 2.05) is 4.57 Å². The van der Waals surface area contributed by atoms with Crippen molar-refractivity contribution in [2.75, 3.05) is 0 Å². The summed E-state index contributed by atoms with van der Waals surface area (Å²) in [5.41, 5.74) is 1.69. The van der Waals surface area contributed by atoms with Crippen LogP contribution in [-0.4, -0.2) is 20.2 Å². The summed E-state index contributed by atoms with van der Waals surface area (Å²) in [7, 11) is 1.70. The normalized spacial score (nSPS) is 16.3. The Morgan fingerprint density at radius 2 is 1.95 bits per heavy atom. The van der Waals surface area contributed by atoms with Crippen LogP contribution in [0.5, 0.6) is 0 Å². The maximum Gasteiger partial charge on any atom is 0.335 e. The lowest BCUT2D eigenvalue weighted by atomic mass is 10.2. The third-order valence-corrected chi connectivity index (χ3v) is 4.03. The number of hydrogen-bond donors (Lipinski definition) is 1. The second-order valence-corrected chi connectivity index (χ2v) is 5.16. The molecule has 1 aliphatic carbocycles. The SMILES string of the molecule is Cn1c(=O)n(C2CCCC2)c2ccc(C(=O)O)cc21. The van der Waals surface area contributed by atoms with Gasteiger partial charge in [-0.05, 0) is 31.0 Å². The third kappa shape index (κ3) is 1.77. The molecule has 1 aromatic heterocycles. The molecule has 0 saturated heterocycles. The number of carboxylic acids is 1. The number of benzene rings is 1. The van der Waals surface area contributed by atoms with E-state index in [2.05, 4.69) is 0 Å². The van der Waals surface area contributed by atoms with E-state index >= 15 is 0 Å². The van der Waals surface area contributed by atoms with Crippen molar-refractivity contribution in [2.45, 2.75) is 31.7 Å². The van der Waals surface area contributed by atoms with E-state index in [9.17, 15) is 9.59 Å². The van der Waals surface area contributed by atoms with Crippen molar-refractivity contribution in [1.82, 2.24) is 9.13 Å². The molecule has 100 valence electrons. The number of aromatic nitrogens is 2. The molecule has 5 heteroatoms. The predicted octanol–water partition coefficient (Wildman–Crippen LogP) is 2.15. The van der Waals surface area contributed by atoms with Crippen LogP contribution in [0.1, 0.15) is 42.1 Å². The Bertz CT molecular complexity index is 705. The van der Waals surface area contributed by atoms with E-state index in [0.29, 0.717) is 5.52 Å². The average Bonchev–Trinajstić information content (AvgIpc) is 2.98. The summed E-state index contributed by atoms with van der Waals surface area (Å²) in [6, 6.07) is 5.14. The quantitative estimate of drug-likeness (QED) is 0.899. The number of hydrogen-bond acceptors (Lipinski definition) is 2. The zero-order valence-electron chi connectivity index (χ0n) is 10.8. The van der Waals surface area contributed by atoms with Gasteiger partial charge in [0.1, 0.15) is 0 Å². The molecule has 2 aromatic rings. The van der Waals surface area contributed by atoms with Gasteiger partial charge in [0.2, 0.25) is 0 Å². The summed E-state index contributed by atoms with van der Waals surface area (Å²) >= 11 is 0. The first kappa shape index (κ1) is 12.0. The summed E-state index contributed by atoms with van der Waals surface area (Å²) in [4.78, 5) is 23.3. The number of aromatic carboxylic acids is 1. The molecule has 1 saturated carbocycles. The van der Waals surface area contributed by atoms with Crippen molar-refractivity contribution in [1.29, 1.82) is 0 Å². The van der Waals surface area contributed by atoms with Crippen LogP contribution in [-0.2, 0) is 7.05 Å². The highest BCUT2D eigenvalue weighted by atomic mass is 16.4. The minimum Gasteiger partial charge on any atom is -0.478 e. The van der Waals surface area contributed by atoms with Gasteiger partial charge in [0, 0.05) is 13.1 Å². The molecule has 1 heterocycles. The molecule has 0 spiro atoms. The topological polar surface area (TPSA) is 64.2 Å². The van der Waals surface area contributed by atoms with Gasteiger partial charge >= 0.3 is 11.7 Å². The molecule has 0 bridgehead atoms. The molecule has 1 aliphatic rings. The lowest BCUT2D eigenvalue weighted by molar-refractivity contribution is 0.0697. The molecular formula is C14H16N2O3. The highest BCUT2D eigenvalue weighted by Gasteiger charge is 2.22. The van der Waals surface area contributed by atoms with Crippen LogP contribution < -0.4 is 5.69 Å². The van der Waals surface area contributed by atoms with Crippen LogP contribution >= 0.6 is 0 Å². The smallest absolute Gasteiger partial charge is 0.335 e. The molecule has 0 radical (unpaired) electrons. The zero-order chi connectivity index (χ0) is 13.6. The van der Waals surface area contributed by atoms with Crippen molar-refractivity contribution >= 4 is 17.0 Å². The molecule has 19 heavy (non-hydrogen) atoms. The second kappa shape index (κ2) is 4.26. The summed E-state index contributed by atoms with van der Waals surface area (Å²) < 4.78 is 3.37. The minimum atomic E-state index is -0.969. The molecule has 1 fully saturated rings. The highest BCUT2D eigenvalue weighted by Crippen LogP contribution is 2.31. The Morgan fingerprint density at radius 3 is 2.58 bits per heavy atom. The monoisotopic (exact) mass is 260 g/mol. The first-order valence-corrected chi connectivity index (χ1v) is 6.54. The van der Waals surface area contributed by atoms with Crippen molar-refractivity contribution in [2.24, 2.45) is 7.05 Å². The van der Waals surface area contributed by atoms with Gasteiger partial charge in [-0.2, -0.15) is 0 Å². The van der Waals surface area contributed by atoms with E-state index in [0.717, 1.165) is 31.2 Å². The van der Waals surface area contributed by atoms with Crippen molar-refractivity contribution in [3.63, 3.8) is 0 Å². The predicted molar refractivity (Wildman–Crippen MR) is 71.6 cm³/mol. The molecule has 5 nitrogen and oxygen atoms in total. The number of carbonyl (C=O) groups is 1. The van der Waals surface area contributed by atoms with Crippen LogP contribution in [0, 0.1) is 0 Å². The van der Waals surface area contributed by atoms with Gasteiger partial charge in [0.15, 0.2) is 0 Å². The van der Waals surface area contributed by atoms with E-state index in [1.165, 1.54) is 0 Å². The average molecular weight is 260 g/mol. The molecule has 0 amide bonds. The van der Waals surface area contributed by atoms with Crippen LogP contribution in [0.15, 0.2) is 23.0 Å². The number of aryl methyl sites for hydroxylation is 1. The summed E-state index contributed by atoms with van der Waals surface area (Å²) in [5.74, 6) is -0.969.